The zero-order chi connectivity index (χ0) is 13.7. The first-order valence-corrected chi connectivity index (χ1v) is 5.78. The summed E-state index contributed by atoms with van der Waals surface area (Å²) in [6.45, 7) is 1.78. The maximum Gasteiger partial charge on any atom is 0.251 e. The molecule has 1 rings (SSSR count). The van der Waals surface area contributed by atoms with E-state index < -0.39 is 6.29 Å². The number of methoxy groups -OCH3 is 2. The monoisotopic (exact) mass is 272 g/mol. The zero-order valence-electron chi connectivity index (χ0n) is 10.6. The average molecular weight is 273 g/mol. The highest BCUT2D eigenvalue weighted by atomic mass is 35.5. The molecule has 100 valence electrons. The number of halogens is 1. The van der Waals surface area contributed by atoms with Crippen molar-refractivity contribution in [3.8, 4) is 0 Å². The van der Waals surface area contributed by atoms with Crippen molar-refractivity contribution < 1.29 is 14.3 Å². The van der Waals surface area contributed by atoms with E-state index in [0.29, 0.717) is 16.3 Å². The van der Waals surface area contributed by atoms with Crippen LogP contribution in [0.3, 0.4) is 0 Å². The van der Waals surface area contributed by atoms with Crippen LogP contribution in [0.1, 0.15) is 17.3 Å². The molecule has 1 amide bonds. The van der Waals surface area contributed by atoms with E-state index in [1.807, 2.05) is 0 Å². The lowest BCUT2D eigenvalue weighted by Crippen LogP contribution is -2.42. The van der Waals surface area contributed by atoms with Crippen molar-refractivity contribution in [3.05, 3.63) is 28.8 Å². The van der Waals surface area contributed by atoms with Gasteiger partial charge in [0.1, 0.15) is 0 Å². The van der Waals surface area contributed by atoms with Crippen LogP contribution in [-0.2, 0) is 9.47 Å². The Balaban J connectivity index is 2.76. The van der Waals surface area contributed by atoms with E-state index in [4.69, 9.17) is 26.8 Å². The van der Waals surface area contributed by atoms with Crippen LogP contribution in [0, 0.1) is 0 Å². The second kappa shape index (κ2) is 6.58. The van der Waals surface area contributed by atoms with Crippen LogP contribution in [0.4, 0.5) is 5.69 Å². The van der Waals surface area contributed by atoms with Crippen LogP contribution >= 0.6 is 11.6 Å². The predicted molar refractivity (Wildman–Crippen MR) is 70.6 cm³/mol. The van der Waals surface area contributed by atoms with Crippen molar-refractivity contribution in [3.63, 3.8) is 0 Å². The molecule has 6 heteroatoms. The van der Waals surface area contributed by atoms with Gasteiger partial charge in [0.15, 0.2) is 6.29 Å². The molecule has 0 radical (unpaired) electrons. The number of nitrogen functional groups attached to an aromatic ring is 1. The van der Waals surface area contributed by atoms with Crippen LogP contribution in [0.15, 0.2) is 18.2 Å². The van der Waals surface area contributed by atoms with Crippen molar-refractivity contribution >= 4 is 23.2 Å². The van der Waals surface area contributed by atoms with Crippen molar-refractivity contribution in [1.82, 2.24) is 5.32 Å². The first kappa shape index (κ1) is 14.8. The summed E-state index contributed by atoms with van der Waals surface area (Å²) in [5.41, 5.74) is 6.47. The second-order valence-electron chi connectivity index (χ2n) is 3.88. The molecule has 0 aromatic heterocycles. The Bertz CT molecular complexity index is 402. The second-order valence-corrected chi connectivity index (χ2v) is 4.31. The summed E-state index contributed by atoms with van der Waals surface area (Å²) in [6.07, 6.45) is -0.509. The first-order chi connectivity index (χ1) is 8.47. The van der Waals surface area contributed by atoms with Gasteiger partial charge < -0.3 is 20.5 Å². The third-order valence-corrected chi connectivity index (χ3v) is 2.63. The quantitative estimate of drug-likeness (QED) is 0.632. The van der Waals surface area contributed by atoms with Gasteiger partial charge in [-0.25, -0.2) is 0 Å². The van der Waals surface area contributed by atoms with Crippen LogP contribution < -0.4 is 11.1 Å². The van der Waals surface area contributed by atoms with Gasteiger partial charge in [-0.3, -0.25) is 4.79 Å². The predicted octanol–water partition coefficient (Wildman–Crippen LogP) is 1.66. The molecular formula is C12H17ClN2O3. The zero-order valence-corrected chi connectivity index (χ0v) is 11.3. The third-order valence-electron chi connectivity index (χ3n) is 2.41. The van der Waals surface area contributed by atoms with E-state index in [0.717, 1.165) is 0 Å². The lowest BCUT2D eigenvalue weighted by molar-refractivity contribution is -0.117. The van der Waals surface area contributed by atoms with Gasteiger partial charge in [-0.2, -0.15) is 0 Å². The Morgan fingerprint density at radius 2 is 1.94 bits per heavy atom. The lowest BCUT2D eigenvalue weighted by Gasteiger charge is -2.22. The molecule has 0 spiro atoms. The van der Waals surface area contributed by atoms with Gasteiger partial charge in [-0.1, -0.05) is 11.6 Å². The van der Waals surface area contributed by atoms with Crippen molar-refractivity contribution in [1.29, 1.82) is 0 Å². The van der Waals surface area contributed by atoms with Crippen LogP contribution in [0.5, 0.6) is 0 Å². The number of nitrogens with one attached hydrogen (secondary N) is 1. The normalized spacial score (nSPS) is 12.5. The Labute approximate surface area is 111 Å². The molecule has 0 saturated heterocycles. The Hall–Kier alpha value is -1.30. The molecule has 0 aliphatic carbocycles. The highest BCUT2D eigenvalue weighted by molar-refractivity contribution is 6.31. The summed E-state index contributed by atoms with van der Waals surface area (Å²) in [4.78, 5) is 12.0. The molecule has 5 nitrogen and oxygen atoms in total. The lowest BCUT2D eigenvalue weighted by atomic mass is 10.1. The van der Waals surface area contributed by atoms with E-state index in [2.05, 4.69) is 5.32 Å². The molecule has 3 N–H and O–H groups in total. The molecule has 1 aromatic rings. The van der Waals surface area contributed by atoms with E-state index in [1.54, 1.807) is 25.1 Å². The molecule has 0 heterocycles. The highest BCUT2D eigenvalue weighted by Crippen LogP contribution is 2.16. The minimum Gasteiger partial charge on any atom is -0.399 e. The SMILES string of the molecule is COC(OC)C(C)NC(=O)c1cc(N)cc(Cl)c1. The van der Waals surface area contributed by atoms with Gasteiger partial charge in [0.25, 0.3) is 5.91 Å². The fourth-order valence-electron chi connectivity index (χ4n) is 1.61. The summed E-state index contributed by atoms with van der Waals surface area (Å²) in [6, 6.07) is 4.39. The molecule has 0 aliphatic rings. The van der Waals surface area contributed by atoms with Crippen LogP contribution in [0.25, 0.3) is 0 Å². The minimum absolute atomic E-state index is 0.282. The number of rotatable bonds is 5. The summed E-state index contributed by atoms with van der Waals surface area (Å²) >= 11 is 5.84. The van der Waals surface area contributed by atoms with Crippen molar-refractivity contribution in [2.24, 2.45) is 0 Å². The largest absolute Gasteiger partial charge is 0.399 e. The summed E-state index contributed by atoms with van der Waals surface area (Å²) in [5.74, 6) is -0.282. The fourth-order valence-corrected chi connectivity index (χ4v) is 1.85. The first-order valence-electron chi connectivity index (χ1n) is 5.40. The van der Waals surface area contributed by atoms with Gasteiger partial charge in [0, 0.05) is 30.5 Å². The highest BCUT2D eigenvalue weighted by Gasteiger charge is 2.19. The molecule has 0 bridgehead atoms. The van der Waals surface area contributed by atoms with Gasteiger partial charge in [0.05, 0.1) is 6.04 Å². The molecular weight excluding hydrogens is 256 g/mol. The van der Waals surface area contributed by atoms with Crippen molar-refractivity contribution in [2.45, 2.75) is 19.3 Å². The van der Waals surface area contributed by atoms with E-state index in [1.165, 1.54) is 14.2 Å². The molecule has 18 heavy (non-hydrogen) atoms. The molecule has 0 fully saturated rings. The van der Waals surface area contributed by atoms with Gasteiger partial charge >= 0.3 is 0 Å². The summed E-state index contributed by atoms with van der Waals surface area (Å²) in [5, 5.41) is 3.17. The van der Waals surface area contributed by atoms with E-state index in [9.17, 15) is 4.79 Å². The topological polar surface area (TPSA) is 73.6 Å². The molecule has 0 saturated carbocycles. The number of carbonyl (C=O) groups is 1. The molecule has 1 unspecified atom stereocenters. The summed E-state index contributed by atoms with van der Waals surface area (Å²) in [7, 11) is 3.02. The van der Waals surface area contributed by atoms with Gasteiger partial charge in [-0.05, 0) is 25.1 Å². The van der Waals surface area contributed by atoms with Gasteiger partial charge in [0.2, 0.25) is 0 Å². The molecule has 1 atom stereocenters. The molecule has 1 aromatic carbocycles. The van der Waals surface area contributed by atoms with E-state index in [-0.39, 0.29) is 11.9 Å². The fraction of sp³-hybridized carbons (Fsp3) is 0.417. The number of benzene rings is 1. The number of anilines is 1. The number of hydrogen-bond donors (Lipinski definition) is 2. The Morgan fingerprint density at radius 3 is 2.44 bits per heavy atom. The maximum atomic E-state index is 12.0. The smallest absolute Gasteiger partial charge is 0.251 e. The van der Waals surface area contributed by atoms with Crippen LogP contribution in [0.2, 0.25) is 5.02 Å². The Morgan fingerprint density at radius 1 is 1.33 bits per heavy atom. The third kappa shape index (κ3) is 3.87. The number of carbonyl (C=O) groups excluding carboxylic acids is 1. The standard InChI is InChI=1S/C12H17ClN2O3/c1-7(12(17-2)18-3)15-11(16)8-4-9(13)6-10(14)5-8/h4-7,12H,14H2,1-3H3,(H,15,16). The van der Waals surface area contributed by atoms with Crippen molar-refractivity contribution in [2.75, 3.05) is 20.0 Å². The Kier molecular flexibility index (Phi) is 5.40. The maximum absolute atomic E-state index is 12.0. The van der Waals surface area contributed by atoms with E-state index >= 15 is 0 Å². The molecule has 0 aliphatic heterocycles. The average Bonchev–Trinajstić information content (AvgIpc) is 2.29. The number of ether oxygens (including phenoxy) is 2. The number of amides is 1. The number of hydrogen-bond acceptors (Lipinski definition) is 4. The van der Waals surface area contributed by atoms with Gasteiger partial charge in [-0.15, -0.1) is 0 Å². The minimum atomic E-state index is -0.509. The summed E-state index contributed by atoms with van der Waals surface area (Å²) < 4.78 is 10.1. The number of nitrogens with two attached hydrogens (primary N) is 1. The van der Waals surface area contributed by atoms with Crippen LogP contribution in [-0.4, -0.2) is 32.5 Å².